The van der Waals surface area contributed by atoms with Gasteiger partial charge in [-0.1, -0.05) is 60.1 Å². The molecule has 0 saturated heterocycles. The van der Waals surface area contributed by atoms with Crippen LogP contribution in [0, 0.1) is 5.92 Å². The first-order valence-corrected chi connectivity index (χ1v) is 10.0. The van der Waals surface area contributed by atoms with E-state index < -0.39 is 10.0 Å². The van der Waals surface area contributed by atoms with Crippen molar-refractivity contribution < 1.29 is 13.2 Å². The lowest BCUT2D eigenvalue weighted by molar-refractivity contribution is 0.401. The van der Waals surface area contributed by atoms with E-state index in [1.165, 1.54) is 7.11 Å². The molecule has 2 rings (SSSR count). The first-order chi connectivity index (χ1) is 11.3. The zero-order chi connectivity index (χ0) is 17.7. The third kappa shape index (κ3) is 4.82. The van der Waals surface area contributed by atoms with Crippen molar-refractivity contribution in [2.75, 3.05) is 7.11 Å². The molecular weight excluding hydrogens is 390 g/mol. The van der Waals surface area contributed by atoms with Gasteiger partial charge in [0, 0.05) is 10.5 Å². The van der Waals surface area contributed by atoms with Crippen LogP contribution < -0.4 is 9.46 Å². The molecule has 0 radical (unpaired) electrons. The monoisotopic (exact) mass is 411 g/mol. The van der Waals surface area contributed by atoms with Gasteiger partial charge in [-0.2, -0.15) is 0 Å². The number of nitrogens with one attached hydrogen (secondary N) is 1. The summed E-state index contributed by atoms with van der Waals surface area (Å²) in [6.07, 6.45) is 0.708. The average molecular weight is 412 g/mol. The Morgan fingerprint density at radius 3 is 2.38 bits per heavy atom. The average Bonchev–Trinajstić information content (AvgIpc) is 2.54. The molecule has 0 aliphatic rings. The van der Waals surface area contributed by atoms with Gasteiger partial charge in [-0.05, 0) is 36.1 Å². The van der Waals surface area contributed by atoms with E-state index in [0.717, 1.165) is 5.56 Å². The molecule has 2 aromatic rings. The Morgan fingerprint density at radius 1 is 1.12 bits per heavy atom. The summed E-state index contributed by atoms with van der Waals surface area (Å²) < 4.78 is 34.6. The largest absolute Gasteiger partial charge is 0.495 e. The fourth-order valence-electron chi connectivity index (χ4n) is 2.52. The van der Waals surface area contributed by atoms with Crippen LogP contribution in [0.3, 0.4) is 0 Å². The highest BCUT2D eigenvalue weighted by Gasteiger charge is 2.25. The molecule has 0 aliphatic carbocycles. The van der Waals surface area contributed by atoms with Crippen LogP contribution in [0.2, 0.25) is 0 Å². The molecule has 0 heterocycles. The molecule has 24 heavy (non-hydrogen) atoms. The third-order valence-corrected chi connectivity index (χ3v) is 5.61. The number of ether oxygens (including phenoxy) is 1. The summed E-state index contributed by atoms with van der Waals surface area (Å²) in [4.78, 5) is 0.129. The Hall–Kier alpha value is -1.37. The second kappa shape index (κ2) is 8.14. The lowest BCUT2D eigenvalue weighted by Gasteiger charge is -2.22. The maximum atomic E-state index is 12.9. The molecule has 0 spiro atoms. The zero-order valence-electron chi connectivity index (χ0n) is 14.0. The van der Waals surface area contributed by atoms with Crippen molar-refractivity contribution in [3.8, 4) is 5.75 Å². The molecule has 6 heteroatoms. The normalized spacial score (nSPS) is 13.0. The SMILES string of the molecule is COc1ccc(Br)cc1S(=O)(=O)N[C@H](CC(C)C)c1ccccc1. The Kier molecular flexibility index (Phi) is 6.43. The van der Waals surface area contributed by atoms with Crippen LogP contribution in [0.5, 0.6) is 5.75 Å². The lowest BCUT2D eigenvalue weighted by Crippen LogP contribution is -2.30. The van der Waals surface area contributed by atoms with Gasteiger partial charge in [-0.25, -0.2) is 13.1 Å². The summed E-state index contributed by atoms with van der Waals surface area (Å²) in [6.45, 7) is 4.15. The standard InChI is InChI=1S/C18H22BrNO3S/c1-13(2)11-16(14-7-5-4-6-8-14)20-24(21,22)18-12-15(19)9-10-17(18)23-3/h4-10,12-13,16,20H,11H2,1-3H3/t16-/m1/s1. The van der Waals surface area contributed by atoms with Gasteiger partial charge in [-0.15, -0.1) is 0 Å². The maximum Gasteiger partial charge on any atom is 0.244 e. The molecule has 1 N–H and O–H groups in total. The Morgan fingerprint density at radius 2 is 1.79 bits per heavy atom. The molecule has 0 amide bonds. The van der Waals surface area contributed by atoms with Crippen molar-refractivity contribution in [3.05, 3.63) is 58.6 Å². The first kappa shape index (κ1) is 19.0. The van der Waals surface area contributed by atoms with E-state index in [1.54, 1.807) is 18.2 Å². The van der Waals surface area contributed by atoms with E-state index in [2.05, 4.69) is 34.5 Å². The Balaban J connectivity index is 2.39. The van der Waals surface area contributed by atoms with Crippen LogP contribution >= 0.6 is 15.9 Å². The zero-order valence-corrected chi connectivity index (χ0v) is 16.4. The summed E-state index contributed by atoms with van der Waals surface area (Å²) in [6, 6.07) is 14.3. The molecule has 0 unspecified atom stereocenters. The van der Waals surface area contributed by atoms with Crippen LogP contribution in [-0.4, -0.2) is 15.5 Å². The van der Waals surface area contributed by atoms with Crippen molar-refractivity contribution in [1.29, 1.82) is 0 Å². The van der Waals surface area contributed by atoms with Crippen molar-refractivity contribution in [2.45, 2.75) is 31.2 Å². The van der Waals surface area contributed by atoms with Crippen LogP contribution in [0.4, 0.5) is 0 Å². The second-order valence-corrected chi connectivity index (χ2v) is 8.61. The smallest absolute Gasteiger partial charge is 0.244 e. The predicted octanol–water partition coefficient (Wildman–Crippen LogP) is 4.52. The van der Waals surface area contributed by atoms with Crippen molar-refractivity contribution in [1.82, 2.24) is 4.72 Å². The minimum atomic E-state index is -3.72. The summed E-state index contributed by atoms with van der Waals surface area (Å²) >= 11 is 3.32. The molecule has 2 aromatic carbocycles. The number of sulfonamides is 1. The van der Waals surface area contributed by atoms with Gasteiger partial charge in [0.1, 0.15) is 10.6 Å². The van der Waals surface area contributed by atoms with E-state index in [0.29, 0.717) is 22.6 Å². The topological polar surface area (TPSA) is 55.4 Å². The van der Waals surface area contributed by atoms with Crippen molar-refractivity contribution in [3.63, 3.8) is 0 Å². The van der Waals surface area contributed by atoms with Gasteiger partial charge in [0.05, 0.1) is 7.11 Å². The van der Waals surface area contributed by atoms with Crippen LogP contribution in [0.1, 0.15) is 31.9 Å². The lowest BCUT2D eigenvalue weighted by atomic mass is 9.98. The molecular formula is C18H22BrNO3S. The van der Waals surface area contributed by atoms with Gasteiger partial charge >= 0.3 is 0 Å². The van der Waals surface area contributed by atoms with Crippen LogP contribution in [0.15, 0.2) is 57.9 Å². The quantitative estimate of drug-likeness (QED) is 0.728. The molecule has 0 bridgehead atoms. The molecule has 0 aromatic heterocycles. The van der Waals surface area contributed by atoms with E-state index in [1.807, 2.05) is 30.3 Å². The summed E-state index contributed by atoms with van der Waals surface area (Å²) in [7, 11) is -2.26. The van der Waals surface area contributed by atoms with Gasteiger partial charge in [0.15, 0.2) is 0 Å². The fraction of sp³-hybridized carbons (Fsp3) is 0.333. The van der Waals surface area contributed by atoms with E-state index in [-0.39, 0.29) is 10.9 Å². The molecule has 4 nitrogen and oxygen atoms in total. The second-order valence-electron chi connectivity index (χ2n) is 6.01. The fourth-order valence-corrected chi connectivity index (χ4v) is 4.47. The van der Waals surface area contributed by atoms with E-state index >= 15 is 0 Å². The third-order valence-electron chi connectivity index (χ3n) is 3.62. The summed E-state index contributed by atoms with van der Waals surface area (Å²) in [5.41, 5.74) is 0.948. The predicted molar refractivity (Wildman–Crippen MR) is 99.7 cm³/mol. The van der Waals surface area contributed by atoms with Gasteiger partial charge in [-0.3, -0.25) is 0 Å². The highest BCUT2D eigenvalue weighted by atomic mass is 79.9. The number of methoxy groups -OCH3 is 1. The first-order valence-electron chi connectivity index (χ1n) is 7.74. The minimum Gasteiger partial charge on any atom is -0.495 e. The highest BCUT2D eigenvalue weighted by molar-refractivity contribution is 9.10. The van der Waals surface area contributed by atoms with Gasteiger partial charge < -0.3 is 4.74 Å². The molecule has 0 aliphatic heterocycles. The maximum absolute atomic E-state index is 12.9. The Labute approximate surface area is 152 Å². The molecule has 0 fully saturated rings. The summed E-state index contributed by atoms with van der Waals surface area (Å²) in [5, 5.41) is 0. The number of hydrogen-bond donors (Lipinski definition) is 1. The highest BCUT2D eigenvalue weighted by Crippen LogP contribution is 2.30. The summed E-state index contributed by atoms with van der Waals surface area (Å²) in [5.74, 6) is 0.671. The number of hydrogen-bond acceptors (Lipinski definition) is 3. The van der Waals surface area contributed by atoms with Crippen LogP contribution in [0.25, 0.3) is 0 Å². The minimum absolute atomic E-state index is 0.129. The van der Waals surface area contributed by atoms with Gasteiger partial charge in [0.25, 0.3) is 0 Å². The van der Waals surface area contributed by atoms with E-state index in [4.69, 9.17) is 4.74 Å². The number of halogens is 1. The van der Waals surface area contributed by atoms with E-state index in [9.17, 15) is 8.42 Å². The molecule has 0 saturated carbocycles. The van der Waals surface area contributed by atoms with Crippen LogP contribution in [-0.2, 0) is 10.0 Å². The van der Waals surface area contributed by atoms with Gasteiger partial charge in [0.2, 0.25) is 10.0 Å². The van der Waals surface area contributed by atoms with Crippen molar-refractivity contribution >= 4 is 26.0 Å². The van der Waals surface area contributed by atoms with Crippen molar-refractivity contribution in [2.24, 2.45) is 5.92 Å². The number of rotatable bonds is 7. The Bertz CT molecular complexity index is 776. The molecule has 1 atom stereocenters. The molecule has 130 valence electrons. The number of benzene rings is 2.